The van der Waals surface area contributed by atoms with E-state index in [-0.39, 0.29) is 0 Å². The topological polar surface area (TPSA) is 38.0 Å². The molecule has 21 heavy (non-hydrogen) atoms. The Labute approximate surface area is 129 Å². The Morgan fingerprint density at radius 1 is 0.810 bits per heavy atom. The summed E-state index contributed by atoms with van der Waals surface area (Å²) in [7, 11) is 0. The molecule has 1 aromatic rings. The van der Waals surface area contributed by atoms with Gasteiger partial charge in [-0.05, 0) is 48.6 Å². The van der Waals surface area contributed by atoms with Gasteiger partial charge < -0.3 is 0 Å². The highest BCUT2D eigenvalue weighted by Gasteiger charge is 2.24. The van der Waals surface area contributed by atoms with E-state index in [9.17, 15) is 0 Å². The van der Waals surface area contributed by atoms with Crippen LogP contribution < -0.4 is 11.3 Å². The van der Waals surface area contributed by atoms with Gasteiger partial charge in [0.1, 0.15) is 0 Å². The maximum absolute atomic E-state index is 5.91. The van der Waals surface area contributed by atoms with Crippen molar-refractivity contribution < 1.29 is 0 Å². The zero-order valence-corrected chi connectivity index (χ0v) is 13.2. The van der Waals surface area contributed by atoms with Gasteiger partial charge in [-0.15, -0.1) is 0 Å². The molecule has 0 spiro atoms. The Morgan fingerprint density at radius 2 is 1.43 bits per heavy atom. The van der Waals surface area contributed by atoms with Gasteiger partial charge >= 0.3 is 0 Å². The molecular weight excluding hydrogens is 256 g/mol. The minimum absolute atomic E-state index is 0.332. The molecule has 116 valence electrons. The van der Waals surface area contributed by atoms with E-state index in [1.807, 2.05) is 0 Å². The van der Waals surface area contributed by atoms with Crippen molar-refractivity contribution in [3.8, 4) is 0 Å². The van der Waals surface area contributed by atoms with Gasteiger partial charge in [0.25, 0.3) is 0 Å². The van der Waals surface area contributed by atoms with Crippen molar-refractivity contribution in [1.29, 1.82) is 0 Å². The van der Waals surface area contributed by atoms with Crippen molar-refractivity contribution in [2.24, 2.45) is 11.8 Å². The Balaban J connectivity index is 1.68. The molecule has 0 amide bonds. The molecule has 1 atom stereocenters. The van der Waals surface area contributed by atoms with Crippen LogP contribution in [0.2, 0.25) is 0 Å². The fraction of sp³-hybridized carbons (Fsp3) is 0.684. The van der Waals surface area contributed by atoms with Gasteiger partial charge in [0.15, 0.2) is 0 Å². The zero-order chi connectivity index (χ0) is 14.5. The molecule has 0 aliphatic heterocycles. The van der Waals surface area contributed by atoms with Gasteiger partial charge in [0.2, 0.25) is 0 Å². The van der Waals surface area contributed by atoms with Crippen molar-refractivity contribution in [3.05, 3.63) is 35.4 Å². The number of nitrogens with two attached hydrogens (primary N) is 1. The van der Waals surface area contributed by atoms with Crippen LogP contribution in [-0.2, 0) is 0 Å². The highest BCUT2D eigenvalue weighted by Crippen LogP contribution is 2.37. The molecule has 2 fully saturated rings. The van der Waals surface area contributed by atoms with Crippen LogP contribution in [0.15, 0.2) is 24.3 Å². The maximum atomic E-state index is 5.91. The number of rotatable bonds is 4. The molecule has 1 unspecified atom stereocenters. The van der Waals surface area contributed by atoms with Gasteiger partial charge in [-0.1, -0.05) is 62.8 Å². The monoisotopic (exact) mass is 286 g/mol. The van der Waals surface area contributed by atoms with Crippen molar-refractivity contribution >= 4 is 0 Å². The second kappa shape index (κ2) is 7.42. The number of nitrogens with one attached hydrogen (secondary N) is 1. The molecule has 0 heterocycles. The minimum Gasteiger partial charge on any atom is -0.271 e. The van der Waals surface area contributed by atoms with Crippen molar-refractivity contribution in [3.63, 3.8) is 0 Å². The summed E-state index contributed by atoms with van der Waals surface area (Å²) >= 11 is 0. The summed E-state index contributed by atoms with van der Waals surface area (Å²) in [5.41, 5.74) is 6.02. The first-order valence-corrected chi connectivity index (χ1v) is 8.94. The van der Waals surface area contributed by atoms with E-state index in [1.165, 1.54) is 75.3 Å². The summed E-state index contributed by atoms with van der Waals surface area (Å²) < 4.78 is 0. The van der Waals surface area contributed by atoms with Crippen LogP contribution in [0, 0.1) is 5.92 Å². The minimum atomic E-state index is 0.332. The second-order valence-electron chi connectivity index (χ2n) is 7.04. The first-order chi connectivity index (χ1) is 10.4. The molecule has 2 nitrogen and oxygen atoms in total. The molecule has 0 aromatic heterocycles. The first-order valence-electron chi connectivity index (χ1n) is 8.94. The largest absolute Gasteiger partial charge is 0.271 e. The summed E-state index contributed by atoms with van der Waals surface area (Å²) in [6.45, 7) is 0. The fourth-order valence-electron chi connectivity index (χ4n) is 4.04. The third-order valence-electron chi connectivity index (χ3n) is 5.67. The Hall–Kier alpha value is -0.860. The van der Waals surface area contributed by atoms with E-state index in [4.69, 9.17) is 5.84 Å². The molecule has 0 radical (unpaired) electrons. The standard InChI is InChI=1S/C19H30N2/c20-21-19(17-7-4-2-1-3-5-8-17)18-13-11-16(12-14-18)15-9-6-10-15/h11-15,17,19,21H,1-10,20H2. The normalized spacial score (nSPS) is 23.1. The van der Waals surface area contributed by atoms with Crippen LogP contribution in [0.3, 0.4) is 0 Å². The average Bonchev–Trinajstić information content (AvgIpc) is 2.41. The van der Waals surface area contributed by atoms with Gasteiger partial charge in [0, 0.05) is 6.04 Å². The molecule has 3 N–H and O–H groups in total. The molecule has 0 bridgehead atoms. The summed E-state index contributed by atoms with van der Waals surface area (Å²) in [5, 5.41) is 0. The smallest absolute Gasteiger partial charge is 0.0488 e. The maximum Gasteiger partial charge on any atom is 0.0488 e. The van der Waals surface area contributed by atoms with E-state index >= 15 is 0 Å². The van der Waals surface area contributed by atoms with Crippen LogP contribution in [0.4, 0.5) is 0 Å². The van der Waals surface area contributed by atoms with Gasteiger partial charge in [0.05, 0.1) is 0 Å². The van der Waals surface area contributed by atoms with E-state index in [2.05, 4.69) is 29.7 Å². The SMILES string of the molecule is NNC(c1ccc(C2CCC2)cc1)C1CCCCCCC1. The number of benzene rings is 1. The third-order valence-corrected chi connectivity index (χ3v) is 5.67. The summed E-state index contributed by atoms with van der Waals surface area (Å²) in [5.74, 6) is 7.43. The second-order valence-corrected chi connectivity index (χ2v) is 7.04. The summed E-state index contributed by atoms with van der Waals surface area (Å²) in [6, 6.07) is 9.64. The predicted octanol–water partition coefficient (Wildman–Crippen LogP) is 4.82. The Morgan fingerprint density at radius 3 is 1.95 bits per heavy atom. The lowest BCUT2D eigenvalue weighted by atomic mass is 9.79. The first kappa shape index (κ1) is 15.1. The number of hydrogen-bond acceptors (Lipinski definition) is 2. The van der Waals surface area contributed by atoms with Gasteiger partial charge in [-0.2, -0.15) is 0 Å². The number of hydrogen-bond donors (Lipinski definition) is 2. The van der Waals surface area contributed by atoms with Crippen molar-refractivity contribution in [2.75, 3.05) is 0 Å². The molecule has 0 saturated heterocycles. The van der Waals surface area contributed by atoms with Crippen LogP contribution >= 0.6 is 0 Å². The van der Waals surface area contributed by atoms with Crippen LogP contribution in [-0.4, -0.2) is 0 Å². The lowest BCUT2D eigenvalue weighted by Crippen LogP contribution is -2.34. The lowest BCUT2D eigenvalue weighted by molar-refractivity contribution is 0.290. The Kier molecular flexibility index (Phi) is 5.32. The van der Waals surface area contributed by atoms with Gasteiger partial charge in [-0.3, -0.25) is 11.3 Å². The fourth-order valence-corrected chi connectivity index (χ4v) is 4.04. The van der Waals surface area contributed by atoms with E-state index in [0.717, 1.165) is 5.92 Å². The summed E-state index contributed by atoms with van der Waals surface area (Å²) in [6.07, 6.45) is 13.7. The van der Waals surface area contributed by atoms with Gasteiger partial charge in [-0.25, -0.2) is 0 Å². The summed E-state index contributed by atoms with van der Waals surface area (Å²) in [4.78, 5) is 0. The molecule has 3 rings (SSSR count). The van der Waals surface area contributed by atoms with Crippen molar-refractivity contribution in [1.82, 2.24) is 5.43 Å². The molecule has 1 aromatic carbocycles. The molecule has 2 saturated carbocycles. The van der Waals surface area contributed by atoms with Crippen LogP contribution in [0.25, 0.3) is 0 Å². The van der Waals surface area contributed by atoms with E-state index < -0.39 is 0 Å². The van der Waals surface area contributed by atoms with Crippen LogP contribution in [0.5, 0.6) is 0 Å². The number of hydrazine groups is 1. The van der Waals surface area contributed by atoms with Crippen molar-refractivity contribution in [2.45, 2.75) is 76.2 Å². The zero-order valence-electron chi connectivity index (χ0n) is 13.2. The molecular formula is C19H30N2. The Bertz CT molecular complexity index is 414. The van der Waals surface area contributed by atoms with E-state index in [0.29, 0.717) is 12.0 Å². The molecule has 2 aliphatic carbocycles. The molecule has 2 heteroatoms. The predicted molar refractivity (Wildman–Crippen MR) is 88.9 cm³/mol. The third kappa shape index (κ3) is 3.67. The van der Waals surface area contributed by atoms with Crippen LogP contribution in [0.1, 0.15) is 87.3 Å². The van der Waals surface area contributed by atoms with E-state index in [1.54, 1.807) is 0 Å². The lowest BCUT2D eigenvalue weighted by Gasteiger charge is -2.30. The quantitative estimate of drug-likeness (QED) is 0.615. The highest BCUT2D eigenvalue weighted by atomic mass is 15.2. The highest BCUT2D eigenvalue weighted by molar-refractivity contribution is 5.28. The molecule has 2 aliphatic rings. The average molecular weight is 286 g/mol.